The van der Waals surface area contributed by atoms with Gasteiger partial charge in [0.2, 0.25) is 5.91 Å². The zero-order chi connectivity index (χ0) is 13.2. The van der Waals surface area contributed by atoms with Crippen molar-refractivity contribution < 1.29 is 9.53 Å². The Balaban J connectivity index is 1.70. The van der Waals surface area contributed by atoms with Crippen molar-refractivity contribution in [2.45, 2.75) is 39.2 Å². The molecule has 18 heavy (non-hydrogen) atoms. The molecule has 0 N–H and O–H groups in total. The lowest BCUT2D eigenvalue weighted by Gasteiger charge is -2.32. The summed E-state index contributed by atoms with van der Waals surface area (Å²) in [4.78, 5) is 15.7. The molecule has 2 rings (SSSR count). The van der Waals surface area contributed by atoms with Crippen LogP contribution in [0.5, 0.6) is 0 Å². The molecule has 1 aliphatic carbocycles. The summed E-state index contributed by atoms with van der Waals surface area (Å²) in [6, 6.07) is 0. The first-order valence-corrected chi connectivity index (χ1v) is 7.09. The van der Waals surface area contributed by atoms with Crippen LogP contribution >= 0.6 is 0 Å². The smallest absolute Gasteiger partial charge is 0.236 e. The van der Waals surface area contributed by atoms with Gasteiger partial charge in [-0.1, -0.05) is 0 Å². The first kappa shape index (κ1) is 13.8. The predicted octanol–water partition coefficient (Wildman–Crippen LogP) is 1.36. The highest BCUT2D eigenvalue weighted by molar-refractivity contribution is 5.78. The fraction of sp³-hybridized carbons (Fsp3) is 0.929. The molecule has 1 aliphatic heterocycles. The molecule has 1 heterocycles. The third-order valence-electron chi connectivity index (χ3n) is 4.17. The summed E-state index contributed by atoms with van der Waals surface area (Å²) in [7, 11) is 1.89. The Kier molecular flexibility index (Phi) is 4.28. The van der Waals surface area contributed by atoms with Gasteiger partial charge >= 0.3 is 0 Å². The predicted molar refractivity (Wildman–Crippen MR) is 71.4 cm³/mol. The van der Waals surface area contributed by atoms with Crippen LogP contribution in [0.15, 0.2) is 0 Å². The molecular weight excluding hydrogens is 228 g/mol. The van der Waals surface area contributed by atoms with Gasteiger partial charge in [0.25, 0.3) is 0 Å². The molecule has 0 aromatic rings. The van der Waals surface area contributed by atoms with E-state index in [1.165, 1.54) is 19.3 Å². The molecular formula is C14H26N2O2. The van der Waals surface area contributed by atoms with Crippen LogP contribution in [0.2, 0.25) is 0 Å². The van der Waals surface area contributed by atoms with Crippen molar-refractivity contribution >= 4 is 5.91 Å². The van der Waals surface area contributed by atoms with Gasteiger partial charge in [0.15, 0.2) is 0 Å². The molecule has 1 saturated heterocycles. The summed E-state index contributed by atoms with van der Waals surface area (Å²) >= 11 is 0. The second kappa shape index (κ2) is 5.57. The molecule has 1 saturated carbocycles. The Hall–Kier alpha value is -0.610. The molecule has 0 aromatic heterocycles. The maximum absolute atomic E-state index is 11.6. The topological polar surface area (TPSA) is 32.8 Å². The number of hydrogen-bond acceptors (Lipinski definition) is 3. The quantitative estimate of drug-likeness (QED) is 0.717. The zero-order valence-electron chi connectivity index (χ0n) is 11.9. The van der Waals surface area contributed by atoms with Crippen molar-refractivity contribution in [1.29, 1.82) is 0 Å². The number of carbonyl (C=O) groups is 1. The molecule has 0 atom stereocenters. The van der Waals surface area contributed by atoms with Gasteiger partial charge in [-0.05, 0) is 45.1 Å². The first-order chi connectivity index (χ1) is 8.51. The van der Waals surface area contributed by atoms with Crippen molar-refractivity contribution in [1.82, 2.24) is 9.80 Å². The highest BCUT2D eigenvalue weighted by Crippen LogP contribution is 2.49. The number of nitrogens with zero attached hydrogens (tertiary/aromatic N) is 2. The maximum atomic E-state index is 11.6. The van der Waals surface area contributed by atoms with Crippen molar-refractivity contribution in [3.8, 4) is 0 Å². The number of hydrogen-bond donors (Lipinski definition) is 0. The van der Waals surface area contributed by atoms with Gasteiger partial charge in [-0.3, -0.25) is 9.69 Å². The third kappa shape index (κ3) is 3.69. The molecule has 4 nitrogen and oxygen atoms in total. The number of ether oxygens (including phenoxy) is 1. The second-order valence-corrected chi connectivity index (χ2v) is 6.20. The second-order valence-electron chi connectivity index (χ2n) is 6.20. The van der Waals surface area contributed by atoms with Crippen LogP contribution in [0.25, 0.3) is 0 Å². The van der Waals surface area contributed by atoms with E-state index >= 15 is 0 Å². The molecule has 0 unspecified atom stereocenters. The fourth-order valence-electron chi connectivity index (χ4n) is 2.38. The lowest BCUT2D eigenvalue weighted by Crippen LogP contribution is -2.49. The van der Waals surface area contributed by atoms with Gasteiger partial charge in [0, 0.05) is 20.1 Å². The normalized spacial score (nSPS) is 23.8. The summed E-state index contributed by atoms with van der Waals surface area (Å²) in [5, 5.41) is 0. The molecule has 1 amide bonds. The van der Waals surface area contributed by atoms with E-state index < -0.39 is 0 Å². The first-order valence-electron chi connectivity index (χ1n) is 7.09. The van der Waals surface area contributed by atoms with Crippen LogP contribution in [-0.4, -0.2) is 61.6 Å². The monoisotopic (exact) mass is 254 g/mol. The van der Waals surface area contributed by atoms with E-state index in [2.05, 4.69) is 18.7 Å². The average molecular weight is 254 g/mol. The zero-order valence-corrected chi connectivity index (χ0v) is 11.9. The Morgan fingerprint density at radius 2 is 2.06 bits per heavy atom. The Morgan fingerprint density at radius 1 is 1.33 bits per heavy atom. The van der Waals surface area contributed by atoms with Gasteiger partial charge < -0.3 is 9.64 Å². The van der Waals surface area contributed by atoms with Crippen LogP contribution in [0, 0.1) is 5.41 Å². The number of rotatable bonds is 6. The fourth-order valence-corrected chi connectivity index (χ4v) is 2.38. The van der Waals surface area contributed by atoms with E-state index in [1.54, 1.807) is 0 Å². The number of piperazine rings is 1. The maximum Gasteiger partial charge on any atom is 0.236 e. The highest BCUT2D eigenvalue weighted by Gasteiger charge is 2.43. The molecule has 104 valence electrons. The minimum Gasteiger partial charge on any atom is -0.378 e. The minimum absolute atomic E-state index is 0.254. The van der Waals surface area contributed by atoms with Gasteiger partial charge in [-0.25, -0.2) is 0 Å². The van der Waals surface area contributed by atoms with E-state index in [0.717, 1.165) is 26.2 Å². The van der Waals surface area contributed by atoms with Crippen LogP contribution in [-0.2, 0) is 9.53 Å². The molecule has 0 bridgehead atoms. The molecule has 0 radical (unpaired) electrons. The van der Waals surface area contributed by atoms with Crippen molar-refractivity contribution in [3.63, 3.8) is 0 Å². The van der Waals surface area contributed by atoms with Crippen LogP contribution < -0.4 is 0 Å². The minimum atomic E-state index is 0.254. The number of amides is 1. The Labute approximate surface area is 110 Å². The molecule has 0 spiro atoms. The summed E-state index contributed by atoms with van der Waals surface area (Å²) in [5.41, 5.74) is 0.427. The van der Waals surface area contributed by atoms with Gasteiger partial charge in [0.05, 0.1) is 19.3 Å². The SMILES string of the molecule is CC(C)OCC1(CCN2CCN(C)C(=O)C2)CC1. The Bertz CT molecular complexity index is 300. The Morgan fingerprint density at radius 3 is 2.61 bits per heavy atom. The summed E-state index contributed by atoms with van der Waals surface area (Å²) in [6.45, 7) is 8.60. The summed E-state index contributed by atoms with van der Waals surface area (Å²) in [5.74, 6) is 0.254. The largest absolute Gasteiger partial charge is 0.378 e. The van der Waals surface area contributed by atoms with Gasteiger partial charge in [-0.2, -0.15) is 0 Å². The third-order valence-corrected chi connectivity index (χ3v) is 4.17. The lowest BCUT2D eigenvalue weighted by molar-refractivity contribution is -0.134. The number of carbonyl (C=O) groups excluding carboxylic acids is 1. The van der Waals surface area contributed by atoms with E-state index in [9.17, 15) is 4.79 Å². The van der Waals surface area contributed by atoms with Gasteiger partial charge in [0.1, 0.15) is 0 Å². The van der Waals surface area contributed by atoms with E-state index in [0.29, 0.717) is 18.1 Å². The van der Waals surface area contributed by atoms with Crippen molar-refractivity contribution in [3.05, 3.63) is 0 Å². The molecule has 0 aromatic carbocycles. The highest BCUT2D eigenvalue weighted by atomic mass is 16.5. The summed E-state index contributed by atoms with van der Waals surface area (Å²) < 4.78 is 5.75. The molecule has 2 fully saturated rings. The summed E-state index contributed by atoms with van der Waals surface area (Å²) in [6.07, 6.45) is 4.09. The van der Waals surface area contributed by atoms with E-state index in [1.807, 2.05) is 11.9 Å². The molecule has 4 heteroatoms. The van der Waals surface area contributed by atoms with Gasteiger partial charge in [-0.15, -0.1) is 0 Å². The standard InChI is InChI=1S/C14H26N2O2/c1-12(2)18-11-14(4-5-14)6-7-16-9-8-15(3)13(17)10-16/h12H,4-11H2,1-3H3. The van der Waals surface area contributed by atoms with Crippen LogP contribution in [0.3, 0.4) is 0 Å². The van der Waals surface area contributed by atoms with Crippen LogP contribution in [0.1, 0.15) is 33.1 Å². The molecule has 2 aliphatic rings. The number of likely N-dealkylation sites (N-methyl/N-ethyl adjacent to an activating group) is 1. The van der Waals surface area contributed by atoms with E-state index in [-0.39, 0.29) is 5.91 Å². The van der Waals surface area contributed by atoms with E-state index in [4.69, 9.17) is 4.74 Å². The van der Waals surface area contributed by atoms with Crippen molar-refractivity contribution in [2.75, 3.05) is 39.8 Å². The van der Waals surface area contributed by atoms with Crippen LogP contribution in [0.4, 0.5) is 0 Å². The lowest BCUT2D eigenvalue weighted by atomic mass is 10.0. The average Bonchev–Trinajstić information content (AvgIpc) is 3.09. The van der Waals surface area contributed by atoms with Crippen molar-refractivity contribution in [2.24, 2.45) is 5.41 Å².